The molecule has 32 heavy (non-hydrogen) atoms. The molecule has 17 nitrogen and oxygen atoms in total. The third-order valence-electron chi connectivity index (χ3n) is 2.20. The van der Waals surface area contributed by atoms with Crippen molar-refractivity contribution in [3.8, 4) is 0 Å². The number of aliphatic hydroxyl groups excluding tert-OH is 2. The van der Waals surface area contributed by atoms with E-state index in [0.29, 0.717) is 0 Å². The number of carbonyl (C=O) groups is 7. The molecule has 0 rings (SSSR count). The molecule has 2 unspecified atom stereocenters. The normalized spacial score (nSPS) is 10.7. The number of carbonyl (C=O) groups excluding carboxylic acids is 7. The molecule has 3 N–H and O–H groups in total. The molecule has 0 saturated heterocycles. The molecule has 0 aromatic heterocycles. The Morgan fingerprint density at radius 2 is 0.844 bits per heavy atom. The van der Waals surface area contributed by atoms with Crippen molar-refractivity contribution in [3.63, 3.8) is 0 Å². The molecule has 0 bridgehead atoms. The Hall–Kier alpha value is -1.44. The fourth-order valence-corrected chi connectivity index (χ4v) is 0.942. The van der Waals surface area contributed by atoms with Crippen molar-refractivity contribution in [1.29, 1.82) is 0 Å². The number of aliphatic hydroxyl groups is 3. The number of hydrogen-bond donors (Lipinski definition) is 3. The second-order valence-electron chi connectivity index (χ2n) is 4.52. The van der Waals surface area contributed by atoms with Crippen LogP contribution in [0, 0.1) is 0 Å². The zero-order valence-electron chi connectivity index (χ0n) is 15.4. The van der Waals surface area contributed by atoms with Crippen LogP contribution in [0.2, 0.25) is 0 Å². The third-order valence-corrected chi connectivity index (χ3v) is 2.20. The van der Waals surface area contributed by atoms with E-state index >= 15 is 0 Å². The van der Waals surface area contributed by atoms with E-state index in [1.807, 2.05) is 0 Å². The molecule has 0 fully saturated rings. The number of carboxylic acids is 7. The maximum absolute atomic E-state index is 10.1. The zero-order chi connectivity index (χ0) is 24.1. The number of rotatable bonds is 8. The summed E-state index contributed by atoms with van der Waals surface area (Å²) < 4.78 is 0. The average Bonchev–Trinajstić information content (AvgIpc) is 2.52. The topological polar surface area (TPSA) is 342 Å². The van der Waals surface area contributed by atoms with E-state index in [1.165, 1.54) is 0 Å². The Morgan fingerprint density at radius 1 is 0.625 bits per heavy atom. The van der Waals surface area contributed by atoms with E-state index in [2.05, 4.69) is 0 Å². The third kappa shape index (κ3) is 23.2. The number of aliphatic carboxylic acids is 7. The van der Waals surface area contributed by atoms with Crippen LogP contribution in [-0.4, -0.2) is 74.9 Å². The van der Waals surface area contributed by atoms with Crippen LogP contribution in [0.15, 0.2) is 0 Å². The molecule has 0 aromatic rings. The standard InChI is InChI=1S/C6H8O7.C4H6O6.C2H2O4.Fe.2Hg/c7-3(8)1-6(13,5(11)12)2-4(9)10;5-1(3(7)8)2(6)4(9)10;3-1(4)2(5)6;;;/h13H,1-2H2,(H,7,8)(H,9,10)(H,11,12);1-2,5-6H,(H,7,8)(H,9,10);(H,3,4)(H,5,6);;;/q;;;+3;2*+2/p-7. The predicted molar refractivity (Wildman–Crippen MR) is 61.2 cm³/mol. The van der Waals surface area contributed by atoms with Gasteiger partial charge in [0.2, 0.25) is 0 Å². The Labute approximate surface area is 228 Å². The van der Waals surface area contributed by atoms with Gasteiger partial charge in [-0.05, 0) is 0 Å². The number of carboxylic acid groups (broad SMARTS) is 7. The first-order valence-electron chi connectivity index (χ1n) is 6.42. The van der Waals surface area contributed by atoms with Crippen molar-refractivity contribution in [3.05, 3.63) is 0 Å². The molecule has 171 valence electrons. The Balaban J connectivity index is -0.0000000801. The average molecular weight is 882 g/mol. The van der Waals surface area contributed by atoms with Crippen LogP contribution in [0.1, 0.15) is 12.8 Å². The van der Waals surface area contributed by atoms with Crippen LogP contribution < -0.4 is 35.7 Å². The van der Waals surface area contributed by atoms with Crippen LogP contribution in [0.4, 0.5) is 0 Å². The van der Waals surface area contributed by atoms with Crippen LogP contribution in [-0.2, 0) is 106 Å². The van der Waals surface area contributed by atoms with Gasteiger partial charge in [-0.3, -0.25) is 0 Å². The minimum atomic E-state index is -2.97. The van der Waals surface area contributed by atoms with Gasteiger partial charge < -0.3 is 84.6 Å². The summed E-state index contributed by atoms with van der Waals surface area (Å²) in [4.78, 5) is 67.1. The fourth-order valence-electron chi connectivity index (χ4n) is 0.942. The van der Waals surface area contributed by atoms with Gasteiger partial charge in [0, 0.05) is 24.8 Å². The molecule has 0 saturated carbocycles. The second-order valence-corrected chi connectivity index (χ2v) is 4.52. The first kappa shape index (κ1) is 44.3. The SMILES string of the molecule is O=C([O-])C(=O)[O-].O=C([O-])C(O)C(O)C(=O)[O-].O=C([O-])CC(O)(CC(=O)[O-])C(=O)[O-].[Fe+3].[Hg+2].[Hg+2]. The quantitative estimate of drug-likeness (QED) is 0.150. The van der Waals surface area contributed by atoms with E-state index < -0.39 is 72.4 Å². The first-order valence-corrected chi connectivity index (χ1v) is 6.42. The van der Waals surface area contributed by atoms with Crippen LogP contribution in [0.3, 0.4) is 0 Å². The largest absolute Gasteiger partial charge is 3.00 e. The summed E-state index contributed by atoms with van der Waals surface area (Å²) in [6, 6.07) is 0. The van der Waals surface area contributed by atoms with E-state index in [0.717, 1.165) is 0 Å². The summed E-state index contributed by atoms with van der Waals surface area (Å²) in [5.41, 5.74) is -2.97. The van der Waals surface area contributed by atoms with Crippen LogP contribution in [0.5, 0.6) is 0 Å². The molecular weight excluding hydrogens is 873 g/mol. The van der Waals surface area contributed by atoms with E-state index in [1.54, 1.807) is 0 Å². The van der Waals surface area contributed by atoms with Gasteiger partial charge in [0.15, 0.2) is 0 Å². The van der Waals surface area contributed by atoms with Crippen molar-refractivity contribution in [2.75, 3.05) is 0 Å². The molecule has 0 aliphatic heterocycles. The second kappa shape index (κ2) is 21.4. The van der Waals surface area contributed by atoms with Crippen molar-refractivity contribution in [2.24, 2.45) is 0 Å². The monoisotopic (exact) mass is 885 g/mol. The van der Waals surface area contributed by atoms with Gasteiger partial charge in [-0.25, -0.2) is 0 Å². The summed E-state index contributed by atoms with van der Waals surface area (Å²) in [6.07, 6.45) is -7.60. The van der Waals surface area contributed by atoms with Gasteiger partial charge in [0.1, 0.15) is 17.8 Å². The predicted octanol–water partition coefficient (Wildman–Crippen LogP) is -13.6. The summed E-state index contributed by atoms with van der Waals surface area (Å²) >= 11 is 0. The Kier molecular flexibility index (Phi) is 29.6. The molecule has 0 spiro atoms. The van der Waals surface area contributed by atoms with E-state index in [-0.39, 0.29) is 72.4 Å². The van der Waals surface area contributed by atoms with Crippen molar-refractivity contribution in [2.45, 2.75) is 30.7 Å². The van der Waals surface area contributed by atoms with Gasteiger partial charge in [0.25, 0.3) is 0 Å². The molecule has 0 amide bonds. The van der Waals surface area contributed by atoms with Gasteiger partial charge in [0.05, 0.1) is 29.8 Å². The van der Waals surface area contributed by atoms with E-state index in [4.69, 9.17) is 35.1 Å². The smallest absolute Gasteiger partial charge is 0.550 e. The zero-order valence-corrected chi connectivity index (χ0v) is 27.5. The Morgan fingerprint density at radius 3 is 0.938 bits per heavy atom. The molecule has 1 radical (unpaired) electrons. The van der Waals surface area contributed by atoms with Crippen molar-refractivity contribution in [1.82, 2.24) is 0 Å². The minimum absolute atomic E-state index is 0. The van der Waals surface area contributed by atoms with Gasteiger partial charge in [-0.1, -0.05) is 0 Å². The first-order chi connectivity index (χ1) is 12.9. The maximum atomic E-state index is 10.1. The Bertz CT molecular complexity index is 620. The van der Waals surface area contributed by atoms with Gasteiger partial charge >= 0.3 is 72.4 Å². The molecule has 0 heterocycles. The summed E-state index contributed by atoms with van der Waals surface area (Å²) in [5.74, 6) is -14.5. The molecular formula is C12H9FeHg2O17. The number of hydrogen-bond acceptors (Lipinski definition) is 17. The fraction of sp³-hybridized carbons (Fsp3) is 0.417. The minimum Gasteiger partial charge on any atom is -0.550 e. The van der Waals surface area contributed by atoms with Gasteiger partial charge in [-0.15, -0.1) is 0 Å². The maximum Gasteiger partial charge on any atom is 3.00 e. The summed E-state index contributed by atoms with van der Waals surface area (Å²) in [6.45, 7) is 0. The van der Waals surface area contributed by atoms with Crippen LogP contribution in [0.25, 0.3) is 0 Å². The van der Waals surface area contributed by atoms with E-state index in [9.17, 15) is 49.5 Å². The summed E-state index contributed by atoms with van der Waals surface area (Å²) in [7, 11) is 0. The molecule has 20 heteroatoms. The van der Waals surface area contributed by atoms with Crippen LogP contribution >= 0.6 is 0 Å². The summed E-state index contributed by atoms with van der Waals surface area (Å²) in [5, 5.41) is 92.5. The van der Waals surface area contributed by atoms with Crippen molar-refractivity contribution < 1.29 is 157 Å². The van der Waals surface area contributed by atoms with Crippen molar-refractivity contribution >= 4 is 41.8 Å². The molecule has 2 atom stereocenters. The van der Waals surface area contributed by atoms with Gasteiger partial charge in [-0.2, -0.15) is 0 Å². The molecule has 0 aromatic carbocycles. The molecule has 0 aliphatic carbocycles. The molecule has 0 aliphatic rings.